The van der Waals surface area contributed by atoms with Crippen LogP contribution in [0.15, 0.2) is 48.5 Å². The summed E-state index contributed by atoms with van der Waals surface area (Å²) in [6.45, 7) is 11.9. The number of hydrogen-bond acceptors (Lipinski definition) is 4. The summed E-state index contributed by atoms with van der Waals surface area (Å²) in [6, 6.07) is 16.0. The predicted molar refractivity (Wildman–Crippen MR) is 124 cm³/mol. The number of hydrogen-bond donors (Lipinski definition) is 0. The van der Waals surface area contributed by atoms with Crippen LogP contribution in [0, 0.1) is 11.8 Å². The van der Waals surface area contributed by atoms with E-state index in [9.17, 15) is 9.59 Å². The van der Waals surface area contributed by atoms with E-state index in [1.807, 2.05) is 48.5 Å². The standard InChI is InChI=1S/C27H36O4/c1-18(2)15-22-7-11-24(12-8-22)20(5)26(28)30-17-31-27(29)21(6)25-13-9-23(10-14-25)16-19(3)4/h7-14,18-21H,15-17H2,1-6H3/t20-,21-/m0/s1. The molecule has 0 aliphatic rings. The van der Waals surface area contributed by atoms with E-state index in [-0.39, 0.29) is 6.79 Å². The van der Waals surface area contributed by atoms with Crippen LogP contribution in [0.1, 0.15) is 75.6 Å². The molecule has 0 saturated carbocycles. The van der Waals surface area contributed by atoms with E-state index in [4.69, 9.17) is 9.47 Å². The van der Waals surface area contributed by atoms with Crippen molar-refractivity contribution in [2.75, 3.05) is 6.79 Å². The Kier molecular flexibility index (Phi) is 9.29. The van der Waals surface area contributed by atoms with Crippen LogP contribution < -0.4 is 0 Å². The van der Waals surface area contributed by atoms with Gasteiger partial charge in [0.05, 0.1) is 11.8 Å². The third kappa shape index (κ3) is 7.86. The van der Waals surface area contributed by atoms with E-state index in [1.165, 1.54) is 11.1 Å². The monoisotopic (exact) mass is 424 g/mol. The summed E-state index contributed by atoms with van der Waals surface area (Å²) in [7, 11) is 0. The molecule has 0 N–H and O–H groups in total. The molecule has 2 aromatic rings. The van der Waals surface area contributed by atoms with Gasteiger partial charge in [-0.25, -0.2) is 0 Å². The van der Waals surface area contributed by atoms with Gasteiger partial charge in [-0.2, -0.15) is 0 Å². The van der Waals surface area contributed by atoms with Gasteiger partial charge in [0, 0.05) is 0 Å². The van der Waals surface area contributed by atoms with Crippen LogP contribution in [-0.4, -0.2) is 18.7 Å². The molecule has 0 amide bonds. The zero-order valence-corrected chi connectivity index (χ0v) is 19.7. The Morgan fingerprint density at radius 1 is 0.613 bits per heavy atom. The Hall–Kier alpha value is -2.62. The van der Waals surface area contributed by atoms with Crippen molar-refractivity contribution >= 4 is 11.9 Å². The van der Waals surface area contributed by atoms with Gasteiger partial charge in [0.2, 0.25) is 6.79 Å². The summed E-state index contributed by atoms with van der Waals surface area (Å²) in [4.78, 5) is 24.7. The zero-order valence-electron chi connectivity index (χ0n) is 19.7. The molecule has 4 nitrogen and oxygen atoms in total. The van der Waals surface area contributed by atoms with Crippen molar-refractivity contribution in [1.29, 1.82) is 0 Å². The molecule has 0 radical (unpaired) electrons. The van der Waals surface area contributed by atoms with E-state index in [2.05, 4.69) is 27.7 Å². The first-order valence-electron chi connectivity index (χ1n) is 11.2. The molecule has 0 aliphatic heterocycles. The van der Waals surface area contributed by atoms with Gasteiger partial charge in [-0.3, -0.25) is 9.59 Å². The molecule has 0 heterocycles. The van der Waals surface area contributed by atoms with Gasteiger partial charge in [-0.1, -0.05) is 76.2 Å². The van der Waals surface area contributed by atoms with Crippen LogP contribution in [0.2, 0.25) is 0 Å². The van der Waals surface area contributed by atoms with Crippen LogP contribution in [0.4, 0.5) is 0 Å². The van der Waals surface area contributed by atoms with Gasteiger partial charge in [0.15, 0.2) is 0 Å². The number of benzene rings is 2. The molecule has 0 fully saturated rings. The number of ether oxygens (including phenoxy) is 2. The van der Waals surface area contributed by atoms with E-state index >= 15 is 0 Å². The molecule has 0 spiro atoms. The second-order valence-electron chi connectivity index (χ2n) is 9.17. The highest BCUT2D eigenvalue weighted by Crippen LogP contribution is 2.21. The second kappa shape index (κ2) is 11.7. The zero-order chi connectivity index (χ0) is 23.0. The SMILES string of the molecule is CC(C)Cc1ccc([C@H](C)C(=O)OCOC(=O)[C@@H](C)c2ccc(CC(C)C)cc2)cc1. The van der Waals surface area contributed by atoms with Crippen molar-refractivity contribution in [3.8, 4) is 0 Å². The minimum Gasteiger partial charge on any atom is -0.427 e. The molecule has 168 valence electrons. The molecule has 0 bridgehead atoms. The fourth-order valence-electron chi connectivity index (χ4n) is 3.50. The average Bonchev–Trinajstić information content (AvgIpc) is 2.72. The molecular weight excluding hydrogens is 388 g/mol. The summed E-state index contributed by atoms with van der Waals surface area (Å²) in [6.07, 6.45) is 2.02. The van der Waals surface area contributed by atoms with Gasteiger partial charge in [-0.15, -0.1) is 0 Å². The van der Waals surface area contributed by atoms with Crippen molar-refractivity contribution < 1.29 is 19.1 Å². The Balaban J connectivity index is 1.81. The first-order chi connectivity index (χ1) is 14.7. The molecule has 0 aliphatic carbocycles. The predicted octanol–water partition coefficient (Wildman–Crippen LogP) is 6.03. The van der Waals surface area contributed by atoms with Gasteiger partial charge in [0.1, 0.15) is 0 Å². The smallest absolute Gasteiger partial charge is 0.316 e. The van der Waals surface area contributed by atoms with Gasteiger partial charge in [0.25, 0.3) is 0 Å². The topological polar surface area (TPSA) is 52.6 Å². The quantitative estimate of drug-likeness (QED) is 0.345. The molecule has 0 unspecified atom stereocenters. The van der Waals surface area contributed by atoms with E-state index < -0.39 is 23.8 Å². The van der Waals surface area contributed by atoms with Gasteiger partial charge in [-0.05, 0) is 60.8 Å². The highest BCUT2D eigenvalue weighted by atomic mass is 16.7. The molecule has 2 aromatic carbocycles. The first kappa shape index (κ1) is 24.6. The highest BCUT2D eigenvalue weighted by molar-refractivity contribution is 5.79. The lowest BCUT2D eigenvalue weighted by atomic mass is 9.97. The van der Waals surface area contributed by atoms with Crippen molar-refractivity contribution in [2.45, 2.75) is 66.2 Å². The van der Waals surface area contributed by atoms with E-state index in [0.29, 0.717) is 11.8 Å². The molecule has 2 rings (SSSR count). The Labute approximate surface area is 187 Å². The Bertz CT molecular complexity index is 763. The van der Waals surface area contributed by atoms with Crippen LogP contribution in [-0.2, 0) is 31.9 Å². The van der Waals surface area contributed by atoms with Crippen LogP contribution >= 0.6 is 0 Å². The minimum absolute atomic E-state index is 0.372. The highest BCUT2D eigenvalue weighted by Gasteiger charge is 2.20. The van der Waals surface area contributed by atoms with E-state index in [0.717, 1.165) is 24.0 Å². The van der Waals surface area contributed by atoms with Gasteiger partial charge < -0.3 is 9.47 Å². The molecule has 0 aromatic heterocycles. The third-order valence-corrected chi connectivity index (χ3v) is 5.36. The maximum Gasteiger partial charge on any atom is 0.316 e. The summed E-state index contributed by atoms with van der Waals surface area (Å²) in [5.74, 6) is -0.479. The largest absolute Gasteiger partial charge is 0.427 e. The van der Waals surface area contributed by atoms with Gasteiger partial charge >= 0.3 is 11.9 Å². The summed E-state index contributed by atoms with van der Waals surface area (Å²) in [5, 5.41) is 0. The summed E-state index contributed by atoms with van der Waals surface area (Å²) in [5.41, 5.74) is 4.27. The van der Waals surface area contributed by atoms with Crippen molar-refractivity contribution in [3.05, 3.63) is 70.8 Å². The number of esters is 2. The first-order valence-corrected chi connectivity index (χ1v) is 11.2. The normalized spacial score (nSPS) is 13.2. The van der Waals surface area contributed by atoms with E-state index in [1.54, 1.807) is 13.8 Å². The summed E-state index contributed by atoms with van der Waals surface area (Å²) >= 11 is 0. The maximum atomic E-state index is 12.3. The number of rotatable bonds is 10. The van der Waals surface area contributed by atoms with Crippen LogP contribution in [0.5, 0.6) is 0 Å². The average molecular weight is 425 g/mol. The molecule has 2 atom stereocenters. The molecule has 4 heteroatoms. The third-order valence-electron chi connectivity index (χ3n) is 5.36. The minimum atomic E-state index is -0.419. The van der Waals surface area contributed by atoms with Crippen molar-refractivity contribution in [1.82, 2.24) is 0 Å². The fraction of sp³-hybridized carbons (Fsp3) is 0.481. The maximum absolute atomic E-state index is 12.3. The lowest BCUT2D eigenvalue weighted by Crippen LogP contribution is -2.19. The second-order valence-corrected chi connectivity index (χ2v) is 9.17. The number of carbonyl (C=O) groups excluding carboxylic acids is 2. The summed E-state index contributed by atoms with van der Waals surface area (Å²) < 4.78 is 10.4. The Morgan fingerprint density at radius 3 is 1.23 bits per heavy atom. The number of carbonyl (C=O) groups is 2. The fourth-order valence-corrected chi connectivity index (χ4v) is 3.50. The van der Waals surface area contributed by atoms with Crippen LogP contribution in [0.3, 0.4) is 0 Å². The lowest BCUT2D eigenvalue weighted by Gasteiger charge is -2.15. The molecule has 0 saturated heterocycles. The van der Waals surface area contributed by atoms with Crippen LogP contribution in [0.25, 0.3) is 0 Å². The molecule has 31 heavy (non-hydrogen) atoms. The Morgan fingerprint density at radius 2 is 0.935 bits per heavy atom. The van der Waals surface area contributed by atoms with Crippen molar-refractivity contribution in [3.63, 3.8) is 0 Å². The van der Waals surface area contributed by atoms with Crippen molar-refractivity contribution in [2.24, 2.45) is 11.8 Å². The lowest BCUT2D eigenvalue weighted by molar-refractivity contribution is -0.168. The molecular formula is C27H36O4.